The van der Waals surface area contributed by atoms with Crippen molar-refractivity contribution in [2.24, 2.45) is 5.92 Å². The number of rotatable bonds is 2. The normalized spacial score (nSPS) is 23.4. The van der Waals surface area contributed by atoms with Crippen molar-refractivity contribution < 1.29 is 14.6 Å². The Bertz CT molecular complexity index is 273. The lowest BCUT2D eigenvalue weighted by Crippen LogP contribution is -2.46. The highest BCUT2D eigenvalue weighted by molar-refractivity contribution is 5.68. The van der Waals surface area contributed by atoms with Crippen LogP contribution in [0.4, 0.5) is 4.79 Å². The molecule has 1 heterocycles. The van der Waals surface area contributed by atoms with Gasteiger partial charge in [-0.2, -0.15) is 0 Å². The van der Waals surface area contributed by atoms with Crippen molar-refractivity contribution in [3.05, 3.63) is 0 Å². The standard InChI is InChI=1S/C14H27NO3/c1-11(10-16)12-8-6-5-7-9-15(12)13(17)18-14(2,3)4/h11-12,16H,5-10H2,1-4H3. The van der Waals surface area contributed by atoms with Crippen LogP contribution in [0.15, 0.2) is 0 Å². The Morgan fingerprint density at radius 2 is 2.06 bits per heavy atom. The van der Waals surface area contributed by atoms with Gasteiger partial charge in [-0.25, -0.2) is 4.79 Å². The van der Waals surface area contributed by atoms with E-state index < -0.39 is 5.60 Å². The van der Waals surface area contributed by atoms with Crippen molar-refractivity contribution >= 4 is 6.09 Å². The van der Waals surface area contributed by atoms with Crippen LogP contribution < -0.4 is 0 Å². The highest BCUT2D eigenvalue weighted by Gasteiger charge is 2.32. The van der Waals surface area contributed by atoms with E-state index in [4.69, 9.17) is 4.74 Å². The molecule has 0 aliphatic carbocycles. The van der Waals surface area contributed by atoms with E-state index in [2.05, 4.69) is 0 Å². The topological polar surface area (TPSA) is 49.8 Å². The average molecular weight is 257 g/mol. The third-order valence-electron chi connectivity index (χ3n) is 3.37. The first-order valence-electron chi connectivity index (χ1n) is 6.95. The Morgan fingerprint density at radius 3 is 2.61 bits per heavy atom. The first-order valence-corrected chi connectivity index (χ1v) is 6.95. The molecule has 2 unspecified atom stereocenters. The van der Waals surface area contributed by atoms with Gasteiger partial charge in [-0.3, -0.25) is 0 Å². The predicted molar refractivity (Wildman–Crippen MR) is 71.4 cm³/mol. The number of carbonyl (C=O) groups excluding carboxylic acids is 1. The van der Waals surface area contributed by atoms with E-state index in [9.17, 15) is 9.90 Å². The SMILES string of the molecule is CC(CO)C1CCCCCN1C(=O)OC(C)(C)C. The van der Waals surface area contributed by atoms with Gasteiger partial charge in [0.2, 0.25) is 0 Å². The van der Waals surface area contributed by atoms with Gasteiger partial charge in [-0.05, 0) is 39.5 Å². The van der Waals surface area contributed by atoms with Gasteiger partial charge in [0.1, 0.15) is 5.60 Å². The molecular formula is C14H27NO3. The van der Waals surface area contributed by atoms with Gasteiger partial charge in [0.05, 0.1) is 0 Å². The lowest BCUT2D eigenvalue weighted by Gasteiger charge is -2.35. The van der Waals surface area contributed by atoms with Crippen LogP contribution in [0.5, 0.6) is 0 Å². The second-order valence-electron chi connectivity index (χ2n) is 6.25. The third-order valence-corrected chi connectivity index (χ3v) is 3.37. The van der Waals surface area contributed by atoms with Gasteiger partial charge < -0.3 is 14.7 Å². The number of carbonyl (C=O) groups is 1. The molecule has 4 nitrogen and oxygen atoms in total. The summed E-state index contributed by atoms with van der Waals surface area (Å²) in [5, 5.41) is 9.33. The van der Waals surface area contributed by atoms with Gasteiger partial charge in [0.25, 0.3) is 0 Å². The summed E-state index contributed by atoms with van der Waals surface area (Å²) in [7, 11) is 0. The third kappa shape index (κ3) is 4.48. The molecule has 1 aliphatic heterocycles. The Kier molecular flexibility index (Phi) is 5.45. The number of likely N-dealkylation sites (tertiary alicyclic amines) is 1. The zero-order chi connectivity index (χ0) is 13.8. The monoisotopic (exact) mass is 257 g/mol. The molecular weight excluding hydrogens is 230 g/mol. The number of aliphatic hydroxyl groups is 1. The summed E-state index contributed by atoms with van der Waals surface area (Å²) >= 11 is 0. The second-order valence-corrected chi connectivity index (χ2v) is 6.25. The van der Waals surface area contributed by atoms with E-state index in [1.54, 1.807) is 0 Å². The van der Waals surface area contributed by atoms with Crippen LogP contribution in [0, 0.1) is 5.92 Å². The highest BCUT2D eigenvalue weighted by Crippen LogP contribution is 2.24. The van der Waals surface area contributed by atoms with Gasteiger partial charge in [0.15, 0.2) is 0 Å². The maximum absolute atomic E-state index is 12.2. The summed E-state index contributed by atoms with van der Waals surface area (Å²) in [6.07, 6.45) is 4.01. The maximum atomic E-state index is 12.2. The van der Waals surface area contributed by atoms with Crippen molar-refractivity contribution in [1.82, 2.24) is 4.90 Å². The molecule has 4 heteroatoms. The highest BCUT2D eigenvalue weighted by atomic mass is 16.6. The molecule has 0 aromatic heterocycles. The van der Waals surface area contributed by atoms with E-state index in [0.717, 1.165) is 32.2 Å². The van der Waals surface area contributed by atoms with Crippen molar-refractivity contribution in [1.29, 1.82) is 0 Å². The van der Waals surface area contributed by atoms with Crippen LogP contribution in [-0.4, -0.2) is 40.9 Å². The Hall–Kier alpha value is -0.770. The van der Waals surface area contributed by atoms with Crippen LogP contribution in [0.2, 0.25) is 0 Å². The molecule has 1 N–H and O–H groups in total. The molecule has 1 rings (SSSR count). The molecule has 1 aliphatic rings. The minimum absolute atomic E-state index is 0.104. The quantitative estimate of drug-likeness (QED) is 0.827. The minimum atomic E-state index is -0.462. The number of hydrogen-bond acceptors (Lipinski definition) is 3. The van der Waals surface area contributed by atoms with Crippen LogP contribution >= 0.6 is 0 Å². The van der Waals surface area contributed by atoms with Crippen molar-refractivity contribution in [3.63, 3.8) is 0 Å². The zero-order valence-electron chi connectivity index (χ0n) is 12.1. The Balaban J connectivity index is 2.75. The van der Waals surface area contributed by atoms with E-state index in [-0.39, 0.29) is 24.7 Å². The van der Waals surface area contributed by atoms with E-state index in [0.29, 0.717) is 0 Å². The molecule has 1 amide bonds. The van der Waals surface area contributed by atoms with Crippen molar-refractivity contribution in [2.45, 2.75) is 65.0 Å². The van der Waals surface area contributed by atoms with Crippen LogP contribution in [-0.2, 0) is 4.74 Å². The molecule has 18 heavy (non-hydrogen) atoms. The summed E-state index contributed by atoms with van der Waals surface area (Å²) < 4.78 is 5.46. The van der Waals surface area contributed by atoms with Crippen molar-refractivity contribution in [2.75, 3.05) is 13.2 Å². The second kappa shape index (κ2) is 6.41. The fourth-order valence-corrected chi connectivity index (χ4v) is 2.39. The Morgan fingerprint density at radius 1 is 1.39 bits per heavy atom. The summed E-state index contributed by atoms with van der Waals surface area (Å²) in [4.78, 5) is 14.0. The maximum Gasteiger partial charge on any atom is 0.410 e. The average Bonchev–Trinajstić information content (AvgIpc) is 2.50. The van der Waals surface area contributed by atoms with Crippen molar-refractivity contribution in [3.8, 4) is 0 Å². The number of nitrogens with zero attached hydrogens (tertiary/aromatic N) is 1. The van der Waals surface area contributed by atoms with Crippen LogP contribution in [0.25, 0.3) is 0 Å². The molecule has 0 aromatic rings. The van der Waals surface area contributed by atoms with Crippen LogP contribution in [0.1, 0.15) is 53.4 Å². The molecule has 0 aromatic carbocycles. The van der Waals surface area contributed by atoms with E-state index >= 15 is 0 Å². The summed E-state index contributed by atoms with van der Waals surface area (Å²) in [6, 6.07) is 0.104. The summed E-state index contributed by atoms with van der Waals surface area (Å²) in [5.41, 5.74) is -0.462. The molecule has 0 bridgehead atoms. The minimum Gasteiger partial charge on any atom is -0.444 e. The first kappa shape index (κ1) is 15.3. The van der Waals surface area contributed by atoms with Gasteiger partial charge in [0, 0.05) is 19.2 Å². The van der Waals surface area contributed by atoms with Gasteiger partial charge in [-0.1, -0.05) is 19.8 Å². The molecule has 1 fully saturated rings. The molecule has 2 atom stereocenters. The molecule has 0 radical (unpaired) electrons. The van der Waals surface area contributed by atoms with Crippen LogP contribution in [0.3, 0.4) is 0 Å². The molecule has 1 saturated heterocycles. The molecule has 0 saturated carbocycles. The smallest absolute Gasteiger partial charge is 0.410 e. The fourth-order valence-electron chi connectivity index (χ4n) is 2.39. The molecule has 106 valence electrons. The fraction of sp³-hybridized carbons (Fsp3) is 0.929. The van der Waals surface area contributed by atoms with E-state index in [1.165, 1.54) is 0 Å². The number of aliphatic hydroxyl groups excluding tert-OH is 1. The lowest BCUT2D eigenvalue weighted by molar-refractivity contribution is 0.00733. The molecule has 0 spiro atoms. The first-order chi connectivity index (χ1) is 8.35. The van der Waals surface area contributed by atoms with E-state index in [1.807, 2.05) is 32.6 Å². The largest absolute Gasteiger partial charge is 0.444 e. The number of hydrogen-bond donors (Lipinski definition) is 1. The lowest BCUT2D eigenvalue weighted by atomic mass is 9.97. The number of amides is 1. The number of ether oxygens (including phenoxy) is 1. The zero-order valence-corrected chi connectivity index (χ0v) is 12.1. The Labute approximate surface area is 110 Å². The summed E-state index contributed by atoms with van der Waals surface area (Å²) in [6.45, 7) is 8.49. The predicted octanol–water partition coefficient (Wildman–Crippen LogP) is 2.79. The summed E-state index contributed by atoms with van der Waals surface area (Å²) in [5.74, 6) is 0.107. The van der Waals surface area contributed by atoms with Gasteiger partial charge in [-0.15, -0.1) is 0 Å². The van der Waals surface area contributed by atoms with Gasteiger partial charge >= 0.3 is 6.09 Å².